The molecule has 2 heterocycles. The van der Waals surface area contributed by atoms with Crippen molar-refractivity contribution in [3.63, 3.8) is 0 Å². The Kier molecular flexibility index (Phi) is 6.64. The van der Waals surface area contributed by atoms with E-state index in [0.717, 1.165) is 37.0 Å². The number of aryl methyl sites for hydroxylation is 1. The number of rotatable bonds is 6. The molecule has 1 fully saturated rings. The molecule has 0 saturated carbocycles. The molecule has 2 rings (SSSR count). The van der Waals surface area contributed by atoms with Crippen LogP contribution in [0.2, 0.25) is 0 Å². The van der Waals surface area contributed by atoms with Crippen LogP contribution in [-0.4, -0.2) is 60.5 Å². The van der Waals surface area contributed by atoms with Gasteiger partial charge in [-0.15, -0.1) is 11.3 Å². The SMILES string of the molecule is CCc1cnc(CNC(=NC)N(C)CC2CCCN2CC)s1. The smallest absolute Gasteiger partial charge is 0.193 e. The minimum absolute atomic E-state index is 0.653. The van der Waals surface area contributed by atoms with E-state index < -0.39 is 0 Å². The Morgan fingerprint density at radius 1 is 1.55 bits per heavy atom. The highest BCUT2D eigenvalue weighted by molar-refractivity contribution is 7.11. The quantitative estimate of drug-likeness (QED) is 0.644. The molecule has 124 valence electrons. The summed E-state index contributed by atoms with van der Waals surface area (Å²) in [6.45, 7) is 8.58. The van der Waals surface area contributed by atoms with Crippen molar-refractivity contribution in [2.24, 2.45) is 4.99 Å². The van der Waals surface area contributed by atoms with Crippen LogP contribution >= 0.6 is 11.3 Å². The molecule has 0 aromatic carbocycles. The van der Waals surface area contributed by atoms with Gasteiger partial charge >= 0.3 is 0 Å². The van der Waals surface area contributed by atoms with Crippen LogP contribution in [0.25, 0.3) is 0 Å². The summed E-state index contributed by atoms with van der Waals surface area (Å²) in [6, 6.07) is 0.653. The molecule has 22 heavy (non-hydrogen) atoms. The Balaban J connectivity index is 1.85. The third-order valence-electron chi connectivity index (χ3n) is 4.31. The Hall–Kier alpha value is -1.14. The van der Waals surface area contributed by atoms with Gasteiger partial charge in [-0.2, -0.15) is 0 Å². The first kappa shape index (κ1) is 17.2. The molecule has 0 amide bonds. The first-order chi connectivity index (χ1) is 10.7. The molecule has 1 atom stereocenters. The summed E-state index contributed by atoms with van der Waals surface area (Å²) in [5.41, 5.74) is 0. The van der Waals surface area contributed by atoms with Crippen molar-refractivity contribution in [1.29, 1.82) is 0 Å². The zero-order chi connectivity index (χ0) is 15.9. The predicted octanol–water partition coefficient (Wildman–Crippen LogP) is 2.20. The minimum atomic E-state index is 0.653. The maximum Gasteiger partial charge on any atom is 0.193 e. The number of hydrogen-bond donors (Lipinski definition) is 1. The summed E-state index contributed by atoms with van der Waals surface area (Å²) in [5.74, 6) is 0.955. The molecule has 1 saturated heterocycles. The second-order valence-electron chi connectivity index (χ2n) is 5.78. The van der Waals surface area contributed by atoms with Crippen molar-refractivity contribution in [2.45, 2.75) is 45.7 Å². The normalized spacial score (nSPS) is 19.6. The monoisotopic (exact) mass is 323 g/mol. The van der Waals surface area contributed by atoms with E-state index in [1.807, 2.05) is 13.2 Å². The average Bonchev–Trinajstić information content (AvgIpc) is 3.16. The van der Waals surface area contributed by atoms with E-state index in [2.05, 4.69) is 46.0 Å². The highest BCUT2D eigenvalue weighted by atomic mass is 32.1. The lowest BCUT2D eigenvalue weighted by Gasteiger charge is -2.29. The summed E-state index contributed by atoms with van der Waals surface area (Å²) < 4.78 is 0. The fourth-order valence-electron chi connectivity index (χ4n) is 3.05. The fraction of sp³-hybridized carbons (Fsp3) is 0.750. The van der Waals surface area contributed by atoms with Crippen molar-refractivity contribution in [3.8, 4) is 0 Å². The van der Waals surface area contributed by atoms with Crippen molar-refractivity contribution in [2.75, 3.05) is 33.7 Å². The van der Waals surface area contributed by atoms with Crippen molar-refractivity contribution >= 4 is 17.3 Å². The number of likely N-dealkylation sites (N-methyl/N-ethyl adjacent to an activating group) is 2. The van der Waals surface area contributed by atoms with Crippen LogP contribution in [0.1, 0.15) is 36.6 Å². The van der Waals surface area contributed by atoms with Gasteiger partial charge in [-0.1, -0.05) is 13.8 Å². The van der Waals surface area contributed by atoms with Gasteiger partial charge in [-0.05, 0) is 32.4 Å². The first-order valence-electron chi connectivity index (χ1n) is 8.27. The first-order valence-corrected chi connectivity index (χ1v) is 9.09. The Bertz CT molecular complexity index is 485. The summed E-state index contributed by atoms with van der Waals surface area (Å²) in [5, 5.41) is 4.56. The lowest BCUT2D eigenvalue weighted by Crippen LogP contribution is -2.45. The Morgan fingerprint density at radius 2 is 2.36 bits per heavy atom. The molecular formula is C16H29N5S. The van der Waals surface area contributed by atoms with E-state index in [1.54, 1.807) is 11.3 Å². The van der Waals surface area contributed by atoms with Crippen LogP contribution < -0.4 is 5.32 Å². The largest absolute Gasteiger partial charge is 0.350 e. The van der Waals surface area contributed by atoms with E-state index in [4.69, 9.17) is 0 Å². The van der Waals surface area contributed by atoms with Gasteiger partial charge in [0, 0.05) is 37.8 Å². The van der Waals surface area contributed by atoms with Crippen LogP contribution in [0.5, 0.6) is 0 Å². The number of hydrogen-bond acceptors (Lipinski definition) is 4. The molecule has 1 aliphatic rings. The van der Waals surface area contributed by atoms with E-state index in [0.29, 0.717) is 6.04 Å². The number of likely N-dealkylation sites (tertiary alicyclic amines) is 1. The number of thiazole rings is 1. The van der Waals surface area contributed by atoms with E-state index in [-0.39, 0.29) is 0 Å². The van der Waals surface area contributed by atoms with E-state index in [9.17, 15) is 0 Å². The summed E-state index contributed by atoms with van der Waals surface area (Å²) in [7, 11) is 3.98. The number of aromatic nitrogens is 1. The molecule has 5 nitrogen and oxygen atoms in total. The number of guanidine groups is 1. The standard InChI is InChI=1S/C16H29N5S/c1-5-14-10-18-15(22-14)11-19-16(17-3)20(4)12-13-8-7-9-21(13)6-2/h10,13H,5-9,11-12H2,1-4H3,(H,17,19). The summed E-state index contributed by atoms with van der Waals surface area (Å²) >= 11 is 1.78. The van der Waals surface area contributed by atoms with Gasteiger partial charge in [0.25, 0.3) is 0 Å². The number of nitrogens with one attached hydrogen (secondary N) is 1. The topological polar surface area (TPSA) is 43.8 Å². The molecule has 0 aliphatic carbocycles. The Labute approximate surface area is 138 Å². The van der Waals surface area contributed by atoms with Crippen LogP contribution in [-0.2, 0) is 13.0 Å². The molecule has 1 aliphatic heterocycles. The molecule has 0 radical (unpaired) electrons. The number of nitrogens with zero attached hydrogens (tertiary/aromatic N) is 4. The number of aliphatic imine (C=N–C) groups is 1. The van der Waals surface area contributed by atoms with Gasteiger partial charge in [0.1, 0.15) is 5.01 Å². The summed E-state index contributed by atoms with van der Waals surface area (Å²) in [4.78, 5) is 15.0. The molecule has 6 heteroatoms. The third kappa shape index (κ3) is 4.43. The van der Waals surface area contributed by atoms with Gasteiger partial charge in [0.05, 0.1) is 6.54 Å². The second kappa shape index (κ2) is 8.48. The third-order valence-corrected chi connectivity index (χ3v) is 5.45. The van der Waals surface area contributed by atoms with Gasteiger partial charge in [0.15, 0.2) is 5.96 Å². The highest BCUT2D eigenvalue weighted by Crippen LogP contribution is 2.17. The maximum absolute atomic E-state index is 4.46. The zero-order valence-electron chi connectivity index (χ0n) is 14.3. The van der Waals surface area contributed by atoms with Gasteiger partial charge in [-0.3, -0.25) is 9.89 Å². The molecule has 1 unspecified atom stereocenters. The van der Waals surface area contributed by atoms with E-state index in [1.165, 1.54) is 24.3 Å². The molecule has 1 N–H and O–H groups in total. The summed E-state index contributed by atoms with van der Waals surface area (Å²) in [6.07, 6.45) is 5.64. The lowest BCUT2D eigenvalue weighted by atomic mass is 10.2. The molecule has 0 bridgehead atoms. The van der Waals surface area contributed by atoms with Crippen molar-refractivity contribution < 1.29 is 0 Å². The molecule has 1 aromatic rings. The van der Waals surface area contributed by atoms with Crippen LogP contribution in [0, 0.1) is 0 Å². The van der Waals surface area contributed by atoms with Crippen molar-refractivity contribution in [1.82, 2.24) is 20.1 Å². The van der Waals surface area contributed by atoms with Crippen molar-refractivity contribution in [3.05, 3.63) is 16.1 Å². The van der Waals surface area contributed by atoms with Gasteiger partial charge in [0.2, 0.25) is 0 Å². The lowest BCUT2D eigenvalue weighted by molar-refractivity contribution is 0.232. The van der Waals surface area contributed by atoms with Crippen LogP contribution in [0.3, 0.4) is 0 Å². The van der Waals surface area contributed by atoms with Crippen LogP contribution in [0.4, 0.5) is 0 Å². The highest BCUT2D eigenvalue weighted by Gasteiger charge is 2.24. The molecular weight excluding hydrogens is 294 g/mol. The van der Waals surface area contributed by atoms with E-state index >= 15 is 0 Å². The molecule has 1 aromatic heterocycles. The predicted molar refractivity (Wildman–Crippen MR) is 94.6 cm³/mol. The second-order valence-corrected chi connectivity index (χ2v) is 6.98. The molecule has 0 spiro atoms. The minimum Gasteiger partial charge on any atom is -0.350 e. The average molecular weight is 324 g/mol. The van der Waals surface area contributed by atoms with Gasteiger partial charge in [-0.25, -0.2) is 4.98 Å². The Morgan fingerprint density at radius 3 is 3.00 bits per heavy atom. The zero-order valence-corrected chi connectivity index (χ0v) is 15.1. The van der Waals surface area contributed by atoms with Gasteiger partial charge < -0.3 is 10.2 Å². The van der Waals surface area contributed by atoms with Crippen LogP contribution in [0.15, 0.2) is 11.2 Å². The maximum atomic E-state index is 4.46. The fourth-order valence-corrected chi connectivity index (χ4v) is 3.86.